The number of nitrogens with zero attached hydrogens (tertiary/aromatic N) is 1. The minimum absolute atomic E-state index is 0.795. The Morgan fingerprint density at radius 3 is 2.59 bits per heavy atom. The Morgan fingerprint density at radius 2 is 1.82 bits per heavy atom. The molecule has 0 radical (unpaired) electrons. The molecule has 1 rings (SSSR count). The highest BCUT2D eigenvalue weighted by Crippen LogP contribution is 2.06. The van der Waals surface area contributed by atoms with E-state index in [4.69, 9.17) is 9.47 Å². The van der Waals surface area contributed by atoms with Gasteiger partial charge in [0.15, 0.2) is 0 Å². The standard InChI is InChI=1S/C13H28N2O2/c1-16-11-5-12-17-13-7-14-6-4-10-15-8-2-3-9-15/h14H,2-13H2,1H3. The Kier molecular flexibility index (Phi) is 9.61. The van der Waals surface area contributed by atoms with E-state index in [1.807, 2.05) is 0 Å². The van der Waals surface area contributed by atoms with Gasteiger partial charge in [-0.15, -0.1) is 0 Å². The van der Waals surface area contributed by atoms with Crippen molar-refractivity contribution in [1.82, 2.24) is 10.2 Å². The minimum Gasteiger partial charge on any atom is -0.385 e. The van der Waals surface area contributed by atoms with Gasteiger partial charge in [-0.1, -0.05) is 0 Å². The summed E-state index contributed by atoms with van der Waals surface area (Å²) in [6, 6.07) is 0. The van der Waals surface area contributed by atoms with E-state index in [-0.39, 0.29) is 0 Å². The Balaban J connectivity index is 1.69. The van der Waals surface area contributed by atoms with Crippen molar-refractivity contribution < 1.29 is 9.47 Å². The van der Waals surface area contributed by atoms with Crippen LogP contribution in [0.2, 0.25) is 0 Å². The summed E-state index contributed by atoms with van der Waals surface area (Å²) < 4.78 is 10.4. The Hall–Kier alpha value is -0.160. The summed E-state index contributed by atoms with van der Waals surface area (Å²) in [6.45, 7) is 8.36. The van der Waals surface area contributed by atoms with E-state index in [0.717, 1.165) is 39.3 Å². The fourth-order valence-corrected chi connectivity index (χ4v) is 2.11. The van der Waals surface area contributed by atoms with Crippen LogP contribution in [0.3, 0.4) is 0 Å². The maximum Gasteiger partial charge on any atom is 0.0590 e. The Labute approximate surface area is 106 Å². The molecule has 0 unspecified atom stereocenters. The van der Waals surface area contributed by atoms with Crippen LogP contribution in [-0.4, -0.2) is 64.6 Å². The fraction of sp³-hybridized carbons (Fsp3) is 1.00. The molecule has 1 saturated heterocycles. The van der Waals surface area contributed by atoms with E-state index in [1.165, 1.54) is 38.9 Å². The highest BCUT2D eigenvalue weighted by molar-refractivity contribution is 4.66. The molecule has 1 aliphatic rings. The van der Waals surface area contributed by atoms with Gasteiger partial charge < -0.3 is 19.7 Å². The summed E-state index contributed by atoms with van der Waals surface area (Å²) in [7, 11) is 1.72. The van der Waals surface area contributed by atoms with Crippen LogP contribution in [0.1, 0.15) is 25.7 Å². The summed E-state index contributed by atoms with van der Waals surface area (Å²) in [5.74, 6) is 0. The maximum atomic E-state index is 5.46. The second-order valence-electron chi connectivity index (χ2n) is 4.61. The van der Waals surface area contributed by atoms with Gasteiger partial charge in [0.05, 0.1) is 6.61 Å². The quantitative estimate of drug-likeness (QED) is 0.552. The molecule has 102 valence electrons. The molecule has 0 bridgehead atoms. The van der Waals surface area contributed by atoms with Crippen molar-refractivity contribution in [2.24, 2.45) is 0 Å². The van der Waals surface area contributed by atoms with E-state index >= 15 is 0 Å². The molecule has 4 nitrogen and oxygen atoms in total. The predicted octanol–water partition coefficient (Wildman–Crippen LogP) is 1.12. The average molecular weight is 244 g/mol. The van der Waals surface area contributed by atoms with Gasteiger partial charge in [0.1, 0.15) is 0 Å². The van der Waals surface area contributed by atoms with Gasteiger partial charge in [0, 0.05) is 26.9 Å². The third-order valence-electron chi connectivity index (χ3n) is 3.09. The van der Waals surface area contributed by atoms with Crippen molar-refractivity contribution >= 4 is 0 Å². The number of nitrogens with one attached hydrogen (secondary N) is 1. The molecule has 0 aliphatic carbocycles. The molecule has 4 heteroatoms. The van der Waals surface area contributed by atoms with Crippen LogP contribution in [0.4, 0.5) is 0 Å². The topological polar surface area (TPSA) is 33.7 Å². The van der Waals surface area contributed by atoms with Gasteiger partial charge in [-0.05, 0) is 51.9 Å². The molecule has 0 saturated carbocycles. The lowest BCUT2D eigenvalue weighted by molar-refractivity contribution is 0.104. The van der Waals surface area contributed by atoms with Crippen LogP contribution in [0, 0.1) is 0 Å². The zero-order chi connectivity index (χ0) is 12.2. The smallest absolute Gasteiger partial charge is 0.0590 e. The zero-order valence-electron chi connectivity index (χ0n) is 11.2. The lowest BCUT2D eigenvalue weighted by atomic mass is 10.4. The molecular weight excluding hydrogens is 216 g/mol. The van der Waals surface area contributed by atoms with E-state index in [2.05, 4.69) is 10.2 Å². The summed E-state index contributed by atoms with van der Waals surface area (Å²) in [6.07, 6.45) is 5.03. The molecule has 1 fully saturated rings. The number of ether oxygens (including phenoxy) is 2. The number of hydrogen-bond donors (Lipinski definition) is 1. The highest BCUT2D eigenvalue weighted by Gasteiger charge is 2.09. The third kappa shape index (κ3) is 8.55. The van der Waals surface area contributed by atoms with E-state index in [1.54, 1.807) is 7.11 Å². The van der Waals surface area contributed by atoms with Gasteiger partial charge in [-0.25, -0.2) is 0 Å². The number of hydrogen-bond acceptors (Lipinski definition) is 4. The number of likely N-dealkylation sites (tertiary alicyclic amines) is 1. The maximum absolute atomic E-state index is 5.46. The van der Waals surface area contributed by atoms with Crippen LogP contribution >= 0.6 is 0 Å². The normalized spacial score (nSPS) is 16.8. The predicted molar refractivity (Wildman–Crippen MR) is 70.5 cm³/mol. The molecule has 1 N–H and O–H groups in total. The molecule has 0 atom stereocenters. The highest BCUT2D eigenvalue weighted by atomic mass is 16.5. The number of rotatable bonds is 11. The van der Waals surface area contributed by atoms with Crippen molar-refractivity contribution in [2.45, 2.75) is 25.7 Å². The molecular formula is C13H28N2O2. The van der Waals surface area contributed by atoms with Gasteiger partial charge in [0.25, 0.3) is 0 Å². The lowest BCUT2D eigenvalue weighted by Gasteiger charge is -2.14. The monoisotopic (exact) mass is 244 g/mol. The molecule has 0 aromatic carbocycles. The van der Waals surface area contributed by atoms with Gasteiger partial charge in [0.2, 0.25) is 0 Å². The molecule has 1 aliphatic heterocycles. The summed E-state index contributed by atoms with van der Waals surface area (Å²) in [5.41, 5.74) is 0. The molecule has 0 aromatic heterocycles. The summed E-state index contributed by atoms with van der Waals surface area (Å²) >= 11 is 0. The first kappa shape index (κ1) is 14.9. The number of methoxy groups -OCH3 is 1. The molecule has 0 spiro atoms. The molecule has 17 heavy (non-hydrogen) atoms. The van der Waals surface area contributed by atoms with Crippen molar-refractivity contribution in [2.75, 3.05) is 59.7 Å². The van der Waals surface area contributed by atoms with E-state index in [0.29, 0.717) is 0 Å². The first-order chi connectivity index (χ1) is 8.43. The SMILES string of the molecule is COCCCOCCNCCCN1CCCC1. The van der Waals surface area contributed by atoms with Crippen LogP contribution < -0.4 is 5.32 Å². The van der Waals surface area contributed by atoms with Crippen molar-refractivity contribution in [3.8, 4) is 0 Å². The van der Waals surface area contributed by atoms with Crippen LogP contribution in [-0.2, 0) is 9.47 Å². The fourth-order valence-electron chi connectivity index (χ4n) is 2.11. The van der Waals surface area contributed by atoms with E-state index < -0.39 is 0 Å². The second kappa shape index (κ2) is 11.0. The van der Waals surface area contributed by atoms with Crippen molar-refractivity contribution in [1.29, 1.82) is 0 Å². The van der Waals surface area contributed by atoms with Crippen LogP contribution in [0.25, 0.3) is 0 Å². The zero-order valence-corrected chi connectivity index (χ0v) is 11.2. The molecule has 0 aromatic rings. The van der Waals surface area contributed by atoms with Crippen LogP contribution in [0.5, 0.6) is 0 Å². The lowest BCUT2D eigenvalue weighted by Crippen LogP contribution is -2.26. The molecule has 0 amide bonds. The van der Waals surface area contributed by atoms with Crippen molar-refractivity contribution in [3.63, 3.8) is 0 Å². The van der Waals surface area contributed by atoms with E-state index in [9.17, 15) is 0 Å². The Morgan fingerprint density at radius 1 is 1.00 bits per heavy atom. The Bertz CT molecular complexity index is 161. The van der Waals surface area contributed by atoms with Crippen LogP contribution in [0.15, 0.2) is 0 Å². The van der Waals surface area contributed by atoms with Gasteiger partial charge >= 0.3 is 0 Å². The first-order valence-corrected chi connectivity index (χ1v) is 6.93. The summed E-state index contributed by atoms with van der Waals surface area (Å²) in [5, 5.41) is 3.42. The third-order valence-corrected chi connectivity index (χ3v) is 3.09. The molecule has 1 heterocycles. The minimum atomic E-state index is 0.795. The largest absolute Gasteiger partial charge is 0.385 e. The second-order valence-corrected chi connectivity index (χ2v) is 4.61. The summed E-state index contributed by atoms with van der Waals surface area (Å²) in [4.78, 5) is 2.56. The first-order valence-electron chi connectivity index (χ1n) is 6.93. The van der Waals surface area contributed by atoms with Gasteiger partial charge in [-0.2, -0.15) is 0 Å². The average Bonchev–Trinajstić information content (AvgIpc) is 2.85. The van der Waals surface area contributed by atoms with Gasteiger partial charge in [-0.3, -0.25) is 0 Å². The van der Waals surface area contributed by atoms with Crippen molar-refractivity contribution in [3.05, 3.63) is 0 Å².